The lowest BCUT2D eigenvalue weighted by molar-refractivity contribution is -0.384. The average molecular weight is 395 g/mol. The summed E-state index contributed by atoms with van der Waals surface area (Å²) in [6.45, 7) is 3.13. The van der Waals surface area contributed by atoms with E-state index in [-0.39, 0.29) is 17.2 Å². The van der Waals surface area contributed by atoms with Crippen LogP contribution in [0.3, 0.4) is 0 Å². The molecule has 1 aromatic rings. The van der Waals surface area contributed by atoms with Crippen LogP contribution in [0.5, 0.6) is 0 Å². The molecule has 0 saturated carbocycles. The average Bonchev–Trinajstić information content (AvgIpc) is 2.63. The molecule has 0 saturated heterocycles. The van der Waals surface area contributed by atoms with E-state index in [1.807, 2.05) is 13.8 Å². The van der Waals surface area contributed by atoms with Gasteiger partial charge < -0.3 is 19.7 Å². The summed E-state index contributed by atoms with van der Waals surface area (Å²) in [5.74, 6) is -2.03. The molecule has 0 unspecified atom stereocenters. The molecule has 1 rings (SSSR count). The standard InChI is InChI=1S/C18H25N3O7/c1-11(2)8-13(18(24)27-5)19-16(22)10-28-17(23)12-6-7-14(20(3)4)15(9-12)21(25)26/h6-7,9,11,13H,8,10H2,1-5H3,(H,19,22)/t13-/m1/s1. The van der Waals surface area contributed by atoms with Gasteiger partial charge in [0.05, 0.1) is 17.6 Å². The van der Waals surface area contributed by atoms with E-state index < -0.39 is 35.4 Å². The van der Waals surface area contributed by atoms with Gasteiger partial charge in [-0.1, -0.05) is 13.8 Å². The molecule has 0 bridgehead atoms. The van der Waals surface area contributed by atoms with Gasteiger partial charge in [0, 0.05) is 20.2 Å². The number of carbonyl (C=O) groups is 3. The van der Waals surface area contributed by atoms with Crippen molar-refractivity contribution in [2.75, 3.05) is 32.7 Å². The summed E-state index contributed by atoms with van der Waals surface area (Å²) < 4.78 is 9.55. The highest BCUT2D eigenvalue weighted by Crippen LogP contribution is 2.27. The van der Waals surface area contributed by atoms with Gasteiger partial charge in [-0.3, -0.25) is 14.9 Å². The molecular weight excluding hydrogens is 370 g/mol. The number of nitrogens with zero attached hydrogens (tertiary/aromatic N) is 2. The Morgan fingerprint density at radius 2 is 1.89 bits per heavy atom. The molecule has 0 heterocycles. The summed E-state index contributed by atoms with van der Waals surface area (Å²) in [4.78, 5) is 48.0. The van der Waals surface area contributed by atoms with Crippen molar-refractivity contribution in [2.45, 2.75) is 26.3 Å². The van der Waals surface area contributed by atoms with Crippen molar-refractivity contribution in [1.29, 1.82) is 0 Å². The van der Waals surface area contributed by atoms with Crippen LogP contribution in [0.15, 0.2) is 18.2 Å². The number of methoxy groups -OCH3 is 1. The van der Waals surface area contributed by atoms with E-state index in [0.717, 1.165) is 6.07 Å². The summed E-state index contributed by atoms with van der Waals surface area (Å²) in [5.41, 5.74) is 0.0114. The maximum absolute atomic E-state index is 12.1. The van der Waals surface area contributed by atoms with Crippen LogP contribution in [0.4, 0.5) is 11.4 Å². The molecule has 0 aliphatic rings. The Labute approximate surface area is 162 Å². The van der Waals surface area contributed by atoms with Crippen molar-refractivity contribution in [3.05, 3.63) is 33.9 Å². The second kappa shape index (κ2) is 10.2. The highest BCUT2D eigenvalue weighted by atomic mass is 16.6. The first kappa shape index (κ1) is 22.9. The number of ether oxygens (including phenoxy) is 2. The van der Waals surface area contributed by atoms with E-state index in [1.165, 1.54) is 19.2 Å². The third kappa shape index (κ3) is 6.53. The highest BCUT2D eigenvalue weighted by molar-refractivity contribution is 5.93. The van der Waals surface area contributed by atoms with Gasteiger partial charge in [0.2, 0.25) is 0 Å². The van der Waals surface area contributed by atoms with E-state index in [0.29, 0.717) is 12.1 Å². The number of nitrogens with one attached hydrogen (secondary N) is 1. The SMILES string of the molecule is COC(=O)[C@@H](CC(C)C)NC(=O)COC(=O)c1ccc(N(C)C)c([N+](=O)[O-])c1. The summed E-state index contributed by atoms with van der Waals surface area (Å²) in [6, 6.07) is 3.03. The number of hydrogen-bond acceptors (Lipinski definition) is 8. The Morgan fingerprint density at radius 1 is 1.25 bits per heavy atom. The summed E-state index contributed by atoms with van der Waals surface area (Å²) >= 11 is 0. The third-order valence-corrected chi connectivity index (χ3v) is 3.75. The van der Waals surface area contributed by atoms with E-state index in [9.17, 15) is 24.5 Å². The van der Waals surface area contributed by atoms with Gasteiger partial charge in [0.25, 0.3) is 11.6 Å². The number of benzene rings is 1. The van der Waals surface area contributed by atoms with Crippen LogP contribution in [0.25, 0.3) is 0 Å². The number of anilines is 1. The minimum absolute atomic E-state index is 0.0585. The van der Waals surface area contributed by atoms with Gasteiger partial charge in [0.15, 0.2) is 6.61 Å². The number of esters is 2. The van der Waals surface area contributed by atoms with Gasteiger partial charge in [-0.25, -0.2) is 9.59 Å². The van der Waals surface area contributed by atoms with Crippen LogP contribution in [0.1, 0.15) is 30.6 Å². The number of nitro benzene ring substituents is 1. The topological polar surface area (TPSA) is 128 Å². The molecule has 0 spiro atoms. The van der Waals surface area contributed by atoms with Gasteiger partial charge in [-0.2, -0.15) is 0 Å². The van der Waals surface area contributed by atoms with Crippen LogP contribution in [0, 0.1) is 16.0 Å². The zero-order valence-electron chi connectivity index (χ0n) is 16.6. The maximum atomic E-state index is 12.1. The lowest BCUT2D eigenvalue weighted by Gasteiger charge is -2.18. The molecule has 1 aromatic carbocycles. The van der Waals surface area contributed by atoms with Gasteiger partial charge in [-0.05, 0) is 24.5 Å². The van der Waals surface area contributed by atoms with E-state index >= 15 is 0 Å². The highest BCUT2D eigenvalue weighted by Gasteiger charge is 2.24. The zero-order valence-corrected chi connectivity index (χ0v) is 16.6. The molecule has 0 aliphatic heterocycles. The fourth-order valence-corrected chi connectivity index (χ4v) is 2.45. The largest absolute Gasteiger partial charge is 0.467 e. The van der Waals surface area contributed by atoms with E-state index in [1.54, 1.807) is 19.0 Å². The number of rotatable bonds is 9. The fourth-order valence-electron chi connectivity index (χ4n) is 2.45. The Morgan fingerprint density at radius 3 is 2.39 bits per heavy atom. The molecule has 0 aromatic heterocycles. The Balaban J connectivity index is 2.78. The summed E-state index contributed by atoms with van der Waals surface area (Å²) in [5, 5.41) is 13.6. The summed E-state index contributed by atoms with van der Waals surface area (Å²) in [7, 11) is 4.49. The third-order valence-electron chi connectivity index (χ3n) is 3.75. The van der Waals surface area contributed by atoms with Gasteiger partial charge in [-0.15, -0.1) is 0 Å². The van der Waals surface area contributed by atoms with Crippen molar-refractivity contribution < 1.29 is 28.8 Å². The van der Waals surface area contributed by atoms with Crippen molar-refractivity contribution in [1.82, 2.24) is 5.32 Å². The van der Waals surface area contributed by atoms with Crippen LogP contribution >= 0.6 is 0 Å². The van der Waals surface area contributed by atoms with Gasteiger partial charge >= 0.3 is 11.9 Å². The molecule has 28 heavy (non-hydrogen) atoms. The number of nitro groups is 1. The quantitative estimate of drug-likeness (QED) is 0.379. The van der Waals surface area contributed by atoms with Crippen LogP contribution in [0.2, 0.25) is 0 Å². The van der Waals surface area contributed by atoms with Gasteiger partial charge in [0.1, 0.15) is 11.7 Å². The zero-order chi connectivity index (χ0) is 21.4. The lowest BCUT2D eigenvalue weighted by atomic mass is 10.0. The van der Waals surface area contributed by atoms with Crippen molar-refractivity contribution in [3.63, 3.8) is 0 Å². The maximum Gasteiger partial charge on any atom is 0.338 e. The van der Waals surface area contributed by atoms with Crippen molar-refractivity contribution >= 4 is 29.2 Å². The Bertz CT molecular complexity index is 747. The van der Waals surface area contributed by atoms with E-state index in [2.05, 4.69) is 10.1 Å². The Kier molecular flexibility index (Phi) is 8.36. The van der Waals surface area contributed by atoms with Crippen LogP contribution < -0.4 is 10.2 Å². The predicted octanol–water partition coefficient (Wildman–Crippen LogP) is 1.52. The number of hydrogen-bond donors (Lipinski definition) is 1. The predicted molar refractivity (Wildman–Crippen MR) is 101 cm³/mol. The second-order valence-electron chi connectivity index (χ2n) is 6.70. The number of amides is 1. The van der Waals surface area contributed by atoms with E-state index in [4.69, 9.17) is 4.74 Å². The Hall–Kier alpha value is -3.17. The van der Waals surface area contributed by atoms with Crippen LogP contribution in [-0.4, -0.2) is 56.6 Å². The van der Waals surface area contributed by atoms with Crippen molar-refractivity contribution in [3.8, 4) is 0 Å². The minimum Gasteiger partial charge on any atom is -0.467 e. The smallest absolute Gasteiger partial charge is 0.338 e. The molecule has 1 atom stereocenters. The molecule has 0 aliphatic carbocycles. The molecule has 10 heteroatoms. The molecule has 0 fully saturated rings. The molecule has 10 nitrogen and oxygen atoms in total. The number of carbonyl (C=O) groups excluding carboxylic acids is 3. The lowest BCUT2D eigenvalue weighted by Crippen LogP contribution is -2.44. The fraction of sp³-hybridized carbons (Fsp3) is 0.500. The first-order valence-electron chi connectivity index (χ1n) is 8.56. The molecule has 154 valence electrons. The second-order valence-corrected chi connectivity index (χ2v) is 6.70. The van der Waals surface area contributed by atoms with Crippen LogP contribution in [-0.2, 0) is 19.1 Å². The minimum atomic E-state index is -0.887. The molecule has 0 radical (unpaired) electrons. The first-order valence-corrected chi connectivity index (χ1v) is 8.56. The first-order chi connectivity index (χ1) is 13.1. The molecular formula is C18H25N3O7. The summed E-state index contributed by atoms with van der Waals surface area (Å²) in [6.07, 6.45) is 0.366. The monoisotopic (exact) mass is 395 g/mol. The van der Waals surface area contributed by atoms with Crippen molar-refractivity contribution in [2.24, 2.45) is 5.92 Å². The molecule has 1 amide bonds. The normalized spacial score (nSPS) is 11.5. The molecule has 1 N–H and O–H groups in total.